The van der Waals surface area contributed by atoms with E-state index in [1.54, 1.807) is 11.8 Å². The van der Waals surface area contributed by atoms with Gasteiger partial charge in [0.05, 0.1) is 11.5 Å². The summed E-state index contributed by atoms with van der Waals surface area (Å²) in [6.45, 7) is 4.56. The van der Waals surface area contributed by atoms with Crippen molar-refractivity contribution in [3.05, 3.63) is 17.1 Å². The lowest BCUT2D eigenvalue weighted by atomic mass is 9.73. The van der Waals surface area contributed by atoms with E-state index in [1.807, 2.05) is 0 Å². The molecule has 0 bridgehead atoms. The van der Waals surface area contributed by atoms with Crippen molar-refractivity contribution >= 4 is 11.8 Å². The molecule has 9 heteroatoms. The Balaban J connectivity index is 1.78. The smallest absolute Gasteiger partial charge is 0.451 e. The highest BCUT2D eigenvalue weighted by atomic mass is 19.4. The number of alkyl halides is 3. The zero-order valence-electron chi connectivity index (χ0n) is 16.2. The minimum Gasteiger partial charge on any atom is -0.481 e. The second-order valence-corrected chi connectivity index (χ2v) is 7.84. The van der Waals surface area contributed by atoms with Crippen molar-refractivity contribution in [1.82, 2.24) is 9.97 Å². The molecule has 3 rings (SSSR count). The van der Waals surface area contributed by atoms with Crippen LogP contribution in [0.25, 0.3) is 0 Å². The first-order valence-electron chi connectivity index (χ1n) is 9.65. The van der Waals surface area contributed by atoms with Crippen LogP contribution in [0.15, 0.2) is 0 Å². The highest BCUT2D eigenvalue weighted by molar-refractivity contribution is 5.75. The van der Waals surface area contributed by atoms with E-state index in [4.69, 9.17) is 4.74 Å². The number of anilines is 1. The number of aliphatic carboxylic acids is 1. The van der Waals surface area contributed by atoms with Gasteiger partial charge in [-0.15, -0.1) is 0 Å². The van der Waals surface area contributed by atoms with Gasteiger partial charge in [-0.3, -0.25) is 4.79 Å². The van der Waals surface area contributed by atoms with E-state index in [9.17, 15) is 23.1 Å². The number of aryl methyl sites for hydroxylation is 1. The average molecular weight is 401 g/mol. The molecular weight excluding hydrogens is 375 g/mol. The molecule has 6 nitrogen and oxygen atoms in total. The fourth-order valence-corrected chi connectivity index (χ4v) is 4.10. The summed E-state index contributed by atoms with van der Waals surface area (Å²) in [5.74, 6) is -1.77. The van der Waals surface area contributed by atoms with Crippen LogP contribution in [0.5, 0.6) is 0 Å². The zero-order valence-corrected chi connectivity index (χ0v) is 16.2. The molecule has 28 heavy (non-hydrogen) atoms. The molecule has 2 fully saturated rings. The Bertz CT molecular complexity index is 725. The summed E-state index contributed by atoms with van der Waals surface area (Å²) in [6, 6.07) is 0. The summed E-state index contributed by atoms with van der Waals surface area (Å²) < 4.78 is 45.0. The van der Waals surface area contributed by atoms with Gasteiger partial charge in [0, 0.05) is 31.0 Å². The number of carboxylic acid groups (broad SMARTS) is 1. The molecule has 0 aliphatic carbocycles. The summed E-state index contributed by atoms with van der Waals surface area (Å²) in [4.78, 5) is 21.1. The first-order chi connectivity index (χ1) is 13.1. The number of ether oxygens (including phenoxy) is 1. The number of hydrogen-bond donors (Lipinski definition) is 1. The van der Waals surface area contributed by atoms with Gasteiger partial charge in [-0.1, -0.05) is 0 Å². The number of rotatable bonds is 4. The summed E-state index contributed by atoms with van der Waals surface area (Å²) in [6.07, 6.45) is -0.630. The van der Waals surface area contributed by atoms with E-state index >= 15 is 0 Å². The first-order valence-corrected chi connectivity index (χ1v) is 9.65. The number of hydrogen-bond acceptors (Lipinski definition) is 5. The predicted octanol–water partition coefficient (Wildman–Crippen LogP) is 3.74. The van der Waals surface area contributed by atoms with Crippen molar-refractivity contribution < 1.29 is 27.8 Å². The molecule has 2 aliphatic rings. The highest BCUT2D eigenvalue weighted by Crippen LogP contribution is 2.40. The highest BCUT2D eigenvalue weighted by Gasteiger charge is 2.44. The van der Waals surface area contributed by atoms with Crippen LogP contribution >= 0.6 is 0 Å². The van der Waals surface area contributed by atoms with E-state index in [1.165, 1.54) is 6.92 Å². The molecule has 3 heterocycles. The molecule has 2 aliphatic heterocycles. The Morgan fingerprint density at radius 3 is 2.46 bits per heavy atom. The van der Waals surface area contributed by atoms with E-state index in [-0.39, 0.29) is 17.6 Å². The SMILES string of the molecule is Cc1nc(C(F)(F)F)nc(N2CCC(C[C@H]3CCCCO3)(C(=O)O)CC2)c1C. The third-order valence-electron chi connectivity index (χ3n) is 5.98. The maximum atomic E-state index is 13.1. The van der Waals surface area contributed by atoms with Crippen LogP contribution in [-0.4, -0.2) is 46.8 Å². The quantitative estimate of drug-likeness (QED) is 0.828. The molecule has 1 aromatic heterocycles. The molecule has 0 aromatic carbocycles. The second kappa shape index (κ2) is 7.85. The van der Waals surface area contributed by atoms with Crippen molar-refractivity contribution in [2.24, 2.45) is 5.41 Å². The van der Waals surface area contributed by atoms with Gasteiger partial charge in [0.2, 0.25) is 5.82 Å². The van der Waals surface area contributed by atoms with Crippen LogP contribution in [0, 0.1) is 19.3 Å². The molecule has 1 atom stereocenters. The average Bonchev–Trinajstić information content (AvgIpc) is 2.64. The van der Waals surface area contributed by atoms with E-state index in [2.05, 4.69) is 9.97 Å². The van der Waals surface area contributed by atoms with Gasteiger partial charge in [0.25, 0.3) is 0 Å². The number of aromatic nitrogens is 2. The molecule has 156 valence electrons. The van der Waals surface area contributed by atoms with Gasteiger partial charge in [-0.2, -0.15) is 13.2 Å². The van der Waals surface area contributed by atoms with E-state index < -0.39 is 23.4 Å². The largest absolute Gasteiger partial charge is 0.481 e. The fraction of sp³-hybridized carbons (Fsp3) is 0.737. The van der Waals surface area contributed by atoms with Crippen molar-refractivity contribution in [3.8, 4) is 0 Å². The minimum atomic E-state index is -4.62. The zero-order chi connectivity index (χ0) is 20.5. The Labute approximate surface area is 162 Å². The lowest BCUT2D eigenvalue weighted by Gasteiger charge is -2.42. The molecule has 2 saturated heterocycles. The predicted molar refractivity (Wildman–Crippen MR) is 96.2 cm³/mol. The van der Waals surface area contributed by atoms with Crippen LogP contribution in [0.1, 0.15) is 55.6 Å². The lowest BCUT2D eigenvalue weighted by molar-refractivity contribution is -0.154. The molecule has 0 spiro atoms. The molecule has 0 unspecified atom stereocenters. The topological polar surface area (TPSA) is 75.5 Å². The molecule has 1 N–H and O–H groups in total. The van der Waals surface area contributed by atoms with Gasteiger partial charge < -0.3 is 14.7 Å². The van der Waals surface area contributed by atoms with Crippen molar-refractivity contribution in [2.45, 2.75) is 64.7 Å². The maximum absolute atomic E-state index is 13.1. The Morgan fingerprint density at radius 1 is 1.25 bits per heavy atom. The molecule has 0 amide bonds. The Kier molecular flexibility index (Phi) is 5.84. The number of nitrogens with zero attached hydrogens (tertiary/aromatic N) is 3. The number of piperidine rings is 1. The summed E-state index contributed by atoms with van der Waals surface area (Å²) in [5, 5.41) is 9.88. The number of carboxylic acids is 1. The molecular formula is C19H26F3N3O3. The van der Waals surface area contributed by atoms with Gasteiger partial charge in [-0.05, 0) is 52.4 Å². The lowest BCUT2D eigenvalue weighted by Crippen LogP contribution is -2.47. The van der Waals surface area contributed by atoms with Gasteiger partial charge >= 0.3 is 12.1 Å². The van der Waals surface area contributed by atoms with Crippen LogP contribution in [0.2, 0.25) is 0 Å². The van der Waals surface area contributed by atoms with Crippen LogP contribution in [-0.2, 0) is 15.7 Å². The molecule has 1 aromatic rings. The van der Waals surface area contributed by atoms with Gasteiger partial charge in [-0.25, -0.2) is 9.97 Å². The summed E-state index contributed by atoms with van der Waals surface area (Å²) >= 11 is 0. The van der Waals surface area contributed by atoms with Crippen molar-refractivity contribution in [3.63, 3.8) is 0 Å². The van der Waals surface area contributed by atoms with Gasteiger partial charge in [0.1, 0.15) is 5.82 Å². The van der Waals surface area contributed by atoms with Crippen molar-refractivity contribution in [2.75, 3.05) is 24.6 Å². The normalized spacial score (nSPS) is 22.9. The Morgan fingerprint density at radius 2 is 1.93 bits per heavy atom. The van der Waals surface area contributed by atoms with Gasteiger partial charge in [0.15, 0.2) is 0 Å². The molecule has 0 saturated carbocycles. The minimum absolute atomic E-state index is 0.0590. The second-order valence-electron chi connectivity index (χ2n) is 7.84. The van der Waals surface area contributed by atoms with Crippen molar-refractivity contribution in [1.29, 1.82) is 0 Å². The van der Waals surface area contributed by atoms with E-state index in [0.717, 1.165) is 19.3 Å². The summed E-state index contributed by atoms with van der Waals surface area (Å²) in [7, 11) is 0. The summed E-state index contributed by atoms with van der Waals surface area (Å²) in [5.41, 5.74) is -0.0316. The number of halogens is 3. The Hall–Kier alpha value is -1.90. The monoisotopic (exact) mass is 401 g/mol. The van der Waals surface area contributed by atoms with E-state index in [0.29, 0.717) is 44.5 Å². The third kappa shape index (κ3) is 4.24. The number of carbonyl (C=O) groups is 1. The first kappa shape index (κ1) is 20.8. The van der Waals surface area contributed by atoms with Crippen LogP contribution in [0.4, 0.5) is 19.0 Å². The standard InChI is InChI=1S/C19H26F3N3O3/c1-12-13(2)23-16(19(20,21)22)24-15(12)25-8-6-18(7-9-25,17(26)27)11-14-5-3-4-10-28-14/h14H,3-11H2,1-2H3,(H,26,27)/t14-/m1/s1. The molecule has 0 radical (unpaired) electrons. The maximum Gasteiger partial charge on any atom is 0.451 e. The van der Waals surface area contributed by atoms with Crippen LogP contribution < -0.4 is 4.90 Å². The fourth-order valence-electron chi connectivity index (χ4n) is 4.10. The van der Waals surface area contributed by atoms with Crippen LogP contribution in [0.3, 0.4) is 0 Å². The third-order valence-corrected chi connectivity index (χ3v) is 5.98.